The third-order valence-corrected chi connectivity index (χ3v) is 5.74. The smallest absolute Gasteiger partial charge is 0.306 e. The second kappa shape index (κ2) is 9.80. The van der Waals surface area contributed by atoms with Crippen LogP contribution >= 0.6 is 0 Å². The molecular formula is C22H27N7O4. The van der Waals surface area contributed by atoms with E-state index in [4.69, 9.17) is 9.47 Å². The maximum atomic E-state index is 11.3. The summed E-state index contributed by atoms with van der Waals surface area (Å²) in [5.74, 6) is 0.456. The molecule has 3 aromatic rings. The zero-order valence-electron chi connectivity index (χ0n) is 18.9. The Labute approximate surface area is 191 Å². The fourth-order valence-electron chi connectivity index (χ4n) is 3.94. The van der Waals surface area contributed by atoms with Gasteiger partial charge in [-0.3, -0.25) is 4.79 Å². The first-order valence-corrected chi connectivity index (χ1v) is 10.8. The standard InChI is InChI=1S/C22H27N7O4/c1-13-18(33-15-6-4-5-14(11-15)21(30)31)8-7-16(25-13)20-17(29(2)28-27-20)12-24-22-23-10-9-19(26-22)32-3/h7-10,14-15H,4-6,11-12H2,1-3H3,(H,30,31)(H,23,24,26)/t14?,15-/m0/s1. The minimum absolute atomic E-state index is 0.120. The van der Waals surface area contributed by atoms with Gasteiger partial charge in [0.25, 0.3) is 0 Å². The van der Waals surface area contributed by atoms with Gasteiger partial charge in [-0.1, -0.05) is 5.21 Å². The molecular weight excluding hydrogens is 426 g/mol. The minimum Gasteiger partial charge on any atom is -0.489 e. The largest absolute Gasteiger partial charge is 0.489 e. The number of anilines is 1. The summed E-state index contributed by atoms with van der Waals surface area (Å²) in [6.45, 7) is 2.26. The van der Waals surface area contributed by atoms with Gasteiger partial charge in [0.15, 0.2) is 0 Å². The van der Waals surface area contributed by atoms with Crippen molar-refractivity contribution in [3.05, 3.63) is 35.8 Å². The number of hydrogen-bond acceptors (Lipinski definition) is 9. The van der Waals surface area contributed by atoms with Crippen molar-refractivity contribution in [1.29, 1.82) is 0 Å². The van der Waals surface area contributed by atoms with Gasteiger partial charge in [0, 0.05) is 19.3 Å². The van der Waals surface area contributed by atoms with Crippen LogP contribution in [0.4, 0.5) is 5.95 Å². The lowest BCUT2D eigenvalue weighted by Gasteiger charge is -2.27. The second-order valence-electron chi connectivity index (χ2n) is 8.01. The number of aryl methyl sites for hydroxylation is 2. The predicted molar refractivity (Wildman–Crippen MR) is 119 cm³/mol. The van der Waals surface area contributed by atoms with Crippen molar-refractivity contribution < 1.29 is 19.4 Å². The first-order valence-electron chi connectivity index (χ1n) is 10.8. The molecule has 33 heavy (non-hydrogen) atoms. The maximum absolute atomic E-state index is 11.3. The van der Waals surface area contributed by atoms with Gasteiger partial charge < -0.3 is 19.9 Å². The molecule has 0 bridgehead atoms. The lowest BCUT2D eigenvalue weighted by molar-refractivity contribution is -0.143. The van der Waals surface area contributed by atoms with E-state index < -0.39 is 5.97 Å². The minimum atomic E-state index is -0.753. The number of aliphatic carboxylic acids is 1. The van der Waals surface area contributed by atoms with Crippen LogP contribution in [0.2, 0.25) is 0 Å². The Balaban J connectivity index is 1.48. The van der Waals surface area contributed by atoms with Crippen LogP contribution in [0.5, 0.6) is 11.6 Å². The highest BCUT2D eigenvalue weighted by molar-refractivity contribution is 5.70. The van der Waals surface area contributed by atoms with Crippen LogP contribution in [-0.4, -0.2) is 54.2 Å². The summed E-state index contributed by atoms with van der Waals surface area (Å²) in [6.07, 6.45) is 4.41. The maximum Gasteiger partial charge on any atom is 0.306 e. The van der Waals surface area contributed by atoms with E-state index in [1.54, 1.807) is 24.1 Å². The molecule has 2 N–H and O–H groups in total. The first kappa shape index (κ1) is 22.4. The van der Waals surface area contributed by atoms with Crippen molar-refractivity contribution in [2.75, 3.05) is 12.4 Å². The van der Waals surface area contributed by atoms with Gasteiger partial charge in [-0.15, -0.1) is 5.10 Å². The molecule has 0 aliphatic heterocycles. The molecule has 4 rings (SSSR count). The van der Waals surface area contributed by atoms with Gasteiger partial charge in [0.05, 0.1) is 42.8 Å². The molecule has 0 spiro atoms. The SMILES string of the molecule is COc1ccnc(NCc2c(-c3ccc(O[C@H]4CCCC(C(=O)O)C4)c(C)n3)nnn2C)n1. The molecule has 0 saturated heterocycles. The fourth-order valence-corrected chi connectivity index (χ4v) is 3.94. The van der Waals surface area contributed by atoms with Gasteiger partial charge in [0.2, 0.25) is 11.8 Å². The van der Waals surface area contributed by atoms with Crippen LogP contribution in [0.1, 0.15) is 37.1 Å². The Morgan fingerprint density at radius 3 is 2.88 bits per heavy atom. The number of carboxylic acid groups (broad SMARTS) is 1. The molecule has 1 aliphatic carbocycles. The summed E-state index contributed by atoms with van der Waals surface area (Å²) in [6, 6.07) is 5.38. The van der Waals surface area contributed by atoms with Gasteiger partial charge in [-0.2, -0.15) is 4.98 Å². The monoisotopic (exact) mass is 453 g/mol. The summed E-state index contributed by atoms with van der Waals surface area (Å²) in [4.78, 5) is 24.5. The number of aromatic nitrogens is 6. The van der Waals surface area contributed by atoms with Crippen molar-refractivity contribution in [2.24, 2.45) is 13.0 Å². The molecule has 3 heterocycles. The Morgan fingerprint density at radius 1 is 1.27 bits per heavy atom. The number of carbonyl (C=O) groups is 1. The highest BCUT2D eigenvalue weighted by Gasteiger charge is 2.28. The zero-order chi connectivity index (χ0) is 23.4. The van der Waals surface area contributed by atoms with Gasteiger partial charge in [0.1, 0.15) is 11.4 Å². The molecule has 3 aromatic heterocycles. The molecule has 1 unspecified atom stereocenters. The highest BCUT2D eigenvalue weighted by Crippen LogP contribution is 2.30. The lowest BCUT2D eigenvalue weighted by Crippen LogP contribution is -2.29. The second-order valence-corrected chi connectivity index (χ2v) is 8.01. The number of methoxy groups -OCH3 is 1. The van der Waals surface area contributed by atoms with Crippen molar-refractivity contribution >= 4 is 11.9 Å². The summed E-state index contributed by atoms with van der Waals surface area (Å²) in [5.41, 5.74) is 2.85. The molecule has 0 amide bonds. The number of nitrogens with zero attached hydrogens (tertiary/aromatic N) is 6. The first-order chi connectivity index (χ1) is 15.9. The Hall–Kier alpha value is -3.76. The van der Waals surface area contributed by atoms with E-state index in [9.17, 15) is 9.90 Å². The van der Waals surface area contributed by atoms with E-state index in [-0.39, 0.29) is 12.0 Å². The highest BCUT2D eigenvalue weighted by atomic mass is 16.5. The Morgan fingerprint density at radius 2 is 2.12 bits per heavy atom. The third-order valence-electron chi connectivity index (χ3n) is 5.74. The quantitative estimate of drug-likeness (QED) is 0.523. The van der Waals surface area contributed by atoms with Gasteiger partial charge in [-0.05, 0) is 44.7 Å². The van der Waals surface area contributed by atoms with Gasteiger partial charge in [-0.25, -0.2) is 14.6 Å². The summed E-state index contributed by atoms with van der Waals surface area (Å²) in [5, 5.41) is 20.9. The molecule has 0 aromatic carbocycles. The predicted octanol–water partition coefficient (Wildman–Crippen LogP) is 2.62. The van der Waals surface area contributed by atoms with Crippen molar-refractivity contribution in [3.8, 4) is 23.0 Å². The zero-order valence-corrected chi connectivity index (χ0v) is 18.9. The van der Waals surface area contributed by atoms with Crippen molar-refractivity contribution in [3.63, 3.8) is 0 Å². The number of carboxylic acids is 1. The van der Waals surface area contributed by atoms with Crippen LogP contribution in [-0.2, 0) is 18.4 Å². The normalized spacial score (nSPS) is 18.0. The van der Waals surface area contributed by atoms with Crippen LogP contribution in [0.25, 0.3) is 11.4 Å². The molecule has 174 valence electrons. The Kier molecular flexibility index (Phi) is 6.66. The number of pyridine rings is 1. The summed E-state index contributed by atoms with van der Waals surface area (Å²) >= 11 is 0. The molecule has 1 saturated carbocycles. The van der Waals surface area contributed by atoms with Crippen LogP contribution in [0.3, 0.4) is 0 Å². The third kappa shape index (κ3) is 5.18. The van der Waals surface area contributed by atoms with E-state index >= 15 is 0 Å². The van der Waals surface area contributed by atoms with E-state index in [1.165, 1.54) is 0 Å². The number of ether oxygens (including phenoxy) is 2. The summed E-state index contributed by atoms with van der Waals surface area (Å²) < 4.78 is 12.9. The molecule has 2 atom stereocenters. The summed E-state index contributed by atoms with van der Waals surface area (Å²) in [7, 11) is 3.36. The molecule has 11 heteroatoms. The molecule has 11 nitrogen and oxygen atoms in total. The number of rotatable bonds is 8. The van der Waals surface area contributed by atoms with E-state index in [1.807, 2.05) is 26.1 Å². The topological polar surface area (TPSA) is 137 Å². The lowest BCUT2D eigenvalue weighted by atomic mass is 9.87. The van der Waals surface area contributed by atoms with E-state index in [2.05, 4.69) is 30.6 Å². The Bertz CT molecular complexity index is 1130. The number of hydrogen-bond donors (Lipinski definition) is 2. The van der Waals surface area contributed by atoms with E-state index in [0.29, 0.717) is 54.0 Å². The van der Waals surface area contributed by atoms with E-state index in [0.717, 1.165) is 18.5 Å². The molecule has 1 aliphatic rings. The van der Waals surface area contributed by atoms with Crippen molar-refractivity contribution in [1.82, 2.24) is 29.9 Å². The number of nitrogens with one attached hydrogen (secondary N) is 1. The van der Waals surface area contributed by atoms with Crippen LogP contribution in [0.15, 0.2) is 24.4 Å². The van der Waals surface area contributed by atoms with Crippen LogP contribution < -0.4 is 14.8 Å². The molecule has 1 fully saturated rings. The van der Waals surface area contributed by atoms with Crippen LogP contribution in [0, 0.1) is 12.8 Å². The molecule has 0 radical (unpaired) electrons. The van der Waals surface area contributed by atoms with Crippen molar-refractivity contribution in [2.45, 2.75) is 45.3 Å². The fraction of sp³-hybridized carbons (Fsp3) is 0.455. The van der Waals surface area contributed by atoms with Gasteiger partial charge >= 0.3 is 5.97 Å². The average molecular weight is 454 g/mol. The average Bonchev–Trinajstić information content (AvgIpc) is 3.19.